The van der Waals surface area contributed by atoms with Crippen LogP contribution in [-0.2, 0) is 11.2 Å². The van der Waals surface area contributed by atoms with Gasteiger partial charge >= 0.3 is 0 Å². The lowest BCUT2D eigenvalue weighted by Crippen LogP contribution is -2.39. The van der Waals surface area contributed by atoms with Gasteiger partial charge in [-0.2, -0.15) is 0 Å². The zero-order valence-corrected chi connectivity index (χ0v) is 12.3. The summed E-state index contributed by atoms with van der Waals surface area (Å²) in [7, 11) is 0. The van der Waals surface area contributed by atoms with Crippen molar-refractivity contribution in [2.24, 2.45) is 5.92 Å². The van der Waals surface area contributed by atoms with E-state index in [1.807, 2.05) is 12.3 Å². The predicted octanol–water partition coefficient (Wildman–Crippen LogP) is 3.42. The van der Waals surface area contributed by atoms with Crippen LogP contribution in [0.3, 0.4) is 0 Å². The second-order valence-corrected chi connectivity index (χ2v) is 6.36. The van der Waals surface area contributed by atoms with Crippen molar-refractivity contribution in [3.63, 3.8) is 0 Å². The molecule has 0 aromatic carbocycles. The lowest BCUT2D eigenvalue weighted by atomic mass is 9.79. The second kappa shape index (κ2) is 5.82. The van der Waals surface area contributed by atoms with E-state index >= 15 is 0 Å². The number of aliphatic hydroxyl groups excluding tert-OH is 1. The maximum absolute atomic E-state index is 10.8. The highest BCUT2D eigenvalue weighted by atomic mass is 16.5. The van der Waals surface area contributed by atoms with Crippen LogP contribution in [0, 0.1) is 5.92 Å². The summed E-state index contributed by atoms with van der Waals surface area (Å²) in [5.41, 5.74) is 2.32. The Kier molecular flexibility index (Phi) is 4.08. The SMILES string of the molecule is CCc1cnccc1C(O)C1CCOC2(CCCC2)C1. The fourth-order valence-corrected chi connectivity index (χ4v) is 3.98. The Morgan fingerprint density at radius 3 is 3.00 bits per heavy atom. The molecule has 2 fully saturated rings. The molecule has 3 heteroatoms. The number of ether oxygens (including phenoxy) is 1. The molecule has 3 nitrogen and oxygen atoms in total. The first-order chi connectivity index (χ1) is 9.74. The number of nitrogens with zero attached hydrogens (tertiary/aromatic N) is 1. The van der Waals surface area contributed by atoms with Gasteiger partial charge in [-0.15, -0.1) is 0 Å². The van der Waals surface area contributed by atoms with Gasteiger partial charge in [-0.25, -0.2) is 0 Å². The van der Waals surface area contributed by atoms with Crippen LogP contribution in [0.4, 0.5) is 0 Å². The maximum atomic E-state index is 10.8. The third-order valence-electron chi connectivity index (χ3n) is 5.13. The summed E-state index contributed by atoms with van der Waals surface area (Å²) in [6, 6.07) is 1.99. The van der Waals surface area contributed by atoms with E-state index in [1.54, 1.807) is 6.20 Å². The molecule has 20 heavy (non-hydrogen) atoms. The van der Waals surface area contributed by atoms with Gasteiger partial charge in [0.2, 0.25) is 0 Å². The van der Waals surface area contributed by atoms with Crippen molar-refractivity contribution in [1.82, 2.24) is 4.98 Å². The summed E-state index contributed by atoms with van der Waals surface area (Å²) >= 11 is 0. The molecule has 1 aliphatic heterocycles. The summed E-state index contributed by atoms with van der Waals surface area (Å²) in [6.45, 7) is 2.92. The molecule has 1 aromatic heterocycles. The van der Waals surface area contributed by atoms with Crippen LogP contribution >= 0.6 is 0 Å². The van der Waals surface area contributed by atoms with E-state index < -0.39 is 0 Å². The molecule has 1 spiro atoms. The Bertz CT molecular complexity index is 454. The van der Waals surface area contributed by atoms with E-state index in [9.17, 15) is 5.11 Å². The van der Waals surface area contributed by atoms with E-state index in [0.717, 1.165) is 31.4 Å². The largest absolute Gasteiger partial charge is 0.388 e. The molecule has 110 valence electrons. The van der Waals surface area contributed by atoms with Crippen molar-refractivity contribution in [3.05, 3.63) is 29.6 Å². The second-order valence-electron chi connectivity index (χ2n) is 6.36. The summed E-state index contributed by atoms with van der Waals surface area (Å²) < 4.78 is 6.08. The van der Waals surface area contributed by atoms with Crippen LogP contribution in [0.15, 0.2) is 18.5 Å². The van der Waals surface area contributed by atoms with Crippen LogP contribution in [0.5, 0.6) is 0 Å². The average Bonchev–Trinajstić information content (AvgIpc) is 2.94. The van der Waals surface area contributed by atoms with Crippen LogP contribution in [0.2, 0.25) is 0 Å². The third-order valence-corrected chi connectivity index (χ3v) is 5.13. The van der Waals surface area contributed by atoms with Crippen molar-refractivity contribution in [2.75, 3.05) is 6.61 Å². The molecule has 1 N–H and O–H groups in total. The summed E-state index contributed by atoms with van der Waals surface area (Å²) in [5.74, 6) is 0.328. The van der Waals surface area contributed by atoms with Crippen LogP contribution in [-0.4, -0.2) is 22.3 Å². The number of pyridine rings is 1. The first-order valence-electron chi connectivity index (χ1n) is 7.99. The highest BCUT2D eigenvalue weighted by molar-refractivity contribution is 5.26. The first-order valence-corrected chi connectivity index (χ1v) is 7.99. The monoisotopic (exact) mass is 275 g/mol. The zero-order chi connectivity index (χ0) is 14.0. The lowest BCUT2D eigenvalue weighted by Gasteiger charge is -2.40. The topological polar surface area (TPSA) is 42.4 Å². The zero-order valence-electron chi connectivity index (χ0n) is 12.3. The van der Waals surface area contributed by atoms with E-state index in [1.165, 1.54) is 31.2 Å². The molecular formula is C17H25NO2. The molecule has 2 aliphatic rings. The van der Waals surface area contributed by atoms with Crippen LogP contribution < -0.4 is 0 Å². The van der Waals surface area contributed by atoms with E-state index in [4.69, 9.17) is 4.74 Å². The molecule has 0 amide bonds. The van der Waals surface area contributed by atoms with Gasteiger partial charge in [-0.05, 0) is 55.2 Å². The van der Waals surface area contributed by atoms with Crippen molar-refractivity contribution in [3.8, 4) is 0 Å². The molecule has 2 heterocycles. The minimum atomic E-state index is -0.366. The highest BCUT2D eigenvalue weighted by Crippen LogP contribution is 2.45. The van der Waals surface area contributed by atoms with Crippen molar-refractivity contribution < 1.29 is 9.84 Å². The van der Waals surface area contributed by atoms with Gasteiger partial charge in [-0.3, -0.25) is 4.98 Å². The van der Waals surface area contributed by atoms with Gasteiger partial charge in [0.1, 0.15) is 0 Å². The molecular weight excluding hydrogens is 250 g/mol. The Balaban J connectivity index is 1.77. The van der Waals surface area contributed by atoms with Gasteiger partial charge < -0.3 is 9.84 Å². The molecule has 1 aliphatic carbocycles. The number of aromatic nitrogens is 1. The fourth-order valence-electron chi connectivity index (χ4n) is 3.98. The molecule has 1 aromatic rings. The summed E-state index contributed by atoms with van der Waals surface area (Å²) in [4.78, 5) is 4.18. The summed E-state index contributed by atoms with van der Waals surface area (Å²) in [6.07, 6.45) is 11.1. The van der Waals surface area contributed by atoms with Crippen molar-refractivity contribution >= 4 is 0 Å². The van der Waals surface area contributed by atoms with Gasteiger partial charge in [-0.1, -0.05) is 19.8 Å². The molecule has 3 rings (SSSR count). The number of hydrogen-bond donors (Lipinski definition) is 1. The quantitative estimate of drug-likeness (QED) is 0.919. The van der Waals surface area contributed by atoms with Crippen LogP contribution in [0.1, 0.15) is 62.7 Å². The highest BCUT2D eigenvalue weighted by Gasteiger charge is 2.42. The Morgan fingerprint density at radius 1 is 1.45 bits per heavy atom. The predicted molar refractivity (Wildman–Crippen MR) is 78.4 cm³/mol. The number of aliphatic hydroxyl groups is 1. The fraction of sp³-hybridized carbons (Fsp3) is 0.706. The minimum absolute atomic E-state index is 0.0727. The van der Waals surface area contributed by atoms with Crippen molar-refractivity contribution in [2.45, 2.75) is 63.6 Å². The molecule has 0 bridgehead atoms. The van der Waals surface area contributed by atoms with Crippen molar-refractivity contribution in [1.29, 1.82) is 0 Å². The Labute approximate surface area is 121 Å². The van der Waals surface area contributed by atoms with E-state index in [-0.39, 0.29) is 11.7 Å². The minimum Gasteiger partial charge on any atom is -0.388 e. The third kappa shape index (κ3) is 2.61. The molecule has 2 unspecified atom stereocenters. The standard InChI is InChI=1S/C17H25NO2/c1-2-13-12-18-9-5-15(13)16(19)14-6-10-20-17(11-14)7-3-4-8-17/h5,9,12,14,16,19H,2-4,6-8,10-11H2,1H3. The number of hydrogen-bond acceptors (Lipinski definition) is 3. The van der Waals surface area contributed by atoms with E-state index in [0.29, 0.717) is 5.92 Å². The van der Waals surface area contributed by atoms with Gasteiger partial charge in [0, 0.05) is 19.0 Å². The first kappa shape index (κ1) is 14.0. The maximum Gasteiger partial charge on any atom is 0.0823 e. The Hall–Kier alpha value is -0.930. The molecule has 0 radical (unpaired) electrons. The summed E-state index contributed by atoms with van der Waals surface area (Å²) in [5, 5.41) is 10.8. The molecule has 1 saturated heterocycles. The average molecular weight is 275 g/mol. The number of rotatable bonds is 3. The van der Waals surface area contributed by atoms with Gasteiger partial charge in [0.25, 0.3) is 0 Å². The molecule has 1 saturated carbocycles. The smallest absolute Gasteiger partial charge is 0.0823 e. The van der Waals surface area contributed by atoms with Gasteiger partial charge in [0.05, 0.1) is 11.7 Å². The van der Waals surface area contributed by atoms with Gasteiger partial charge in [0.15, 0.2) is 0 Å². The lowest BCUT2D eigenvalue weighted by molar-refractivity contribution is -0.113. The van der Waals surface area contributed by atoms with Crippen LogP contribution in [0.25, 0.3) is 0 Å². The number of aryl methyl sites for hydroxylation is 1. The normalized spacial score (nSPS) is 26.8. The Morgan fingerprint density at radius 2 is 2.25 bits per heavy atom. The molecule has 2 atom stereocenters. The van der Waals surface area contributed by atoms with E-state index in [2.05, 4.69) is 11.9 Å².